The summed E-state index contributed by atoms with van der Waals surface area (Å²) in [6.07, 6.45) is 3.95. The highest BCUT2D eigenvalue weighted by Crippen LogP contribution is 2.31. The van der Waals surface area contributed by atoms with Crippen LogP contribution in [0.2, 0.25) is 0 Å². The SMILES string of the molecule is O=C(COC(=O)c1ccc(-c2nc3ccccc3s2)o1)NC(=O)NC1CCCC1. The van der Waals surface area contributed by atoms with E-state index in [9.17, 15) is 14.4 Å². The van der Waals surface area contributed by atoms with E-state index in [2.05, 4.69) is 15.6 Å². The first-order chi connectivity index (χ1) is 14.1. The van der Waals surface area contributed by atoms with Gasteiger partial charge in [0.1, 0.15) is 0 Å². The number of amides is 3. The quantitative estimate of drug-likeness (QED) is 0.620. The Morgan fingerprint density at radius 3 is 2.72 bits per heavy atom. The highest BCUT2D eigenvalue weighted by atomic mass is 32.1. The van der Waals surface area contributed by atoms with Crippen LogP contribution in [0, 0.1) is 0 Å². The maximum absolute atomic E-state index is 12.1. The summed E-state index contributed by atoms with van der Waals surface area (Å²) in [4.78, 5) is 40.1. The fourth-order valence-corrected chi connectivity index (χ4v) is 4.12. The predicted octanol–water partition coefficient (Wildman–Crippen LogP) is 3.48. The highest BCUT2D eigenvalue weighted by Gasteiger charge is 2.20. The largest absolute Gasteiger partial charge is 0.450 e. The number of urea groups is 1. The molecule has 1 aliphatic rings. The monoisotopic (exact) mass is 413 g/mol. The molecule has 3 amide bonds. The molecule has 1 aromatic carbocycles. The van der Waals surface area contributed by atoms with E-state index in [4.69, 9.17) is 9.15 Å². The van der Waals surface area contributed by atoms with E-state index in [-0.39, 0.29) is 11.8 Å². The smallest absolute Gasteiger partial charge is 0.374 e. The molecule has 0 atom stereocenters. The number of carbonyl (C=O) groups excluding carboxylic acids is 3. The minimum atomic E-state index is -0.788. The molecule has 0 unspecified atom stereocenters. The molecular formula is C20H19N3O5S. The van der Waals surface area contributed by atoms with Gasteiger partial charge in [-0.1, -0.05) is 25.0 Å². The number of para-hydroxylation sites is 1. The van der Waals surface area contributed by atoms with Crippen LogP contribution in [0.3, 0.4) is 0 Å². The number of nitrogens with one attached hydrogen (secondary N) is 2. The molecule has 0 spiro atoms. The van der Waals surface area contributed by atoms with Gasteiger partial charge < -0.3 is 14.5 Å². The van der Waals surface area contributed by atoms with Crippen molar-refractivity contribution in [2.75, 3.05) is 6.61 Å². The van der Waals surface area contributed by atoms with Crippen LogP contribution in [0.15, 0.2) is 40.8 Å². The summed E-state index contributed by atoms with van der Waals surface area (Å²) in [7, 11) is 0. The minimum Gasteiger partial charge on any atom is -0.450 e. The van der Waals surface area contributed by atoms with Crippen LogP contribution in [-0.4, -0.2) is 35.5 Å². The number of rotatable bonds is 5. The molecule has 8 nitrogen and oxygen atoms in total. The van der Waals surface area contributed by atoms with E-state index in [0.717, 1.165) is 35.9 Å². The zero-order chi connectivity index (χ0) is 20.2. The fourth-order valence-electron chi connectivity index (χ4n) is 3.20. The van der Waals surface area contributed by atoms with E-state index in [1.165, 1.54) is 17.4 Å². The molecule has 4 rings (SSSR count). The minimum absolute atomic E-state index is 0.0394. The third kappa shape index (κ3) is 4.62. The van der Waals surface area contributed by atoms with Crippen LogP contribution in [0.1, 0.15) is 36.2 Å². The first-order valence-electron chi connectivity index (χ1n) is 9.32. The van der Waals surface area contributed by atoms with Gasteiger partial charge in [-0.05, 0) is 37.1 Å². The van der Waals surface area contributed by atoms with E-state index < -0.39 is 24.5 Å². The summed E-state index contributed by atoms with van der Waals surface area (Å²) in [6, 6.07) is 10.3. The van der Waals surface area contributed by atoms with E-state index >= 15 is 0 Å². The zero-order valence-electron chi connectivity index (χ0n) is 15.5. The van der Waals surface area contributed by atoms with Crippen LogP contribution in [0.25, 0.3) is 21.0 Å². The average Bonchev–Trinajstić information content (AvgIpc) is 3.45. The Hall–Kier alpha value is -3.20. The van der Waals surface area contributed by atoms with Gasteiger partial charge in [0.15, 0.2) is 17.4 Å². The van der Waals surface area contributed by atoms with E-state index in [1.54, 1.807) is 6.07 Å². The van der Waals surface area contributed by atoms with Crippen molar-refractivity contribution in [1.82, 2.24) is 15.6 Å². The van der Waals surface area contributed by atoms with Crippen molar-refractivity contribution in [1.29, 1.82) is 0 Å². The number of ether oxygens (including phenoxy) is 1. The van der Waals surface area contributed by atoms with Crippen molar-refractivity contribution >= 4 is 39.5 Å². The van der Waals surface area contributed by atoms with Gasteiger partial charge in [0.25, 0.3) is 5.91 Å². The number of fused-ring (bicyclic) bond motifs is 1. The topological polar surface area (TPSA) is 111 Å². The lowest BCUT2D eigenvalue weighted by Gasteiger charge is -2.12. The molecule has 0 bridgehead atoms. The predicted molar refractivity (Wildman–Crippen MR) is 107 cm³/mol. The lowest BCUT2D eigenvalue weighted by atomic mass is 10.2. The van der Waals surface area contributed by atoms with Crippen molar-refractivity contribution in [3.63, 3.8) is 0 Å². The first kappa shape index (κ1) is 19.1. The summed E-state index contributed by atoms with van der Waals surface area (Å²) in [5.74, 6) is -1.09. The van der Waals surface area contributed by atoms with Crippen molar-refractivity contribution in [3.8, 4) is 10.8 Å². The number of thiazole rings is 1. The number of benzene rings is 1. The normalized spacial score (nSPS) is 14.1. The van der Waals surface area contributed by atoms with Gasteiger partial charge >= 0.3 is 12.0 Å². The van der Waals surface area contributed by atoms with Crippen molar-refractivity contribution in [2.45, 2.75) is 31.7 Å². The molecule has 150 valence electrons. The van der Waals surface area contributed by atoms with Gasteiger partial charge in [0.05, 0.1) is 10.2 Å². The fraction of sp³-hybridized carbons (Fsp3) is 0.300. The molecule has 0 radical (unpaired) electrons. The summed E-state index contributed by atoms with van der Waals surface area (Å²) in [5.41, 5.74) is 0.848. The third-order valence-electron chi connectivity index (χ3n) is 4.59. The molecule has 2 N–H and O–H groups in total. The van der Waals surface area contributed by atoms with E-state index in [1.807, 2.05) is 24.3 Å². The lowest BCUT2D eigenvalue weighted by Crippen LogP contribution is -2.44. The van der Waals surface area contributed by atoms with Gasteiger partial charge in [-0.2, -0.15) is 0 Å². The summed E-state index contributed by atoms with van der Waals surface area (Å²) in [6.45, 7) is -0.575. The van der Waals surface area contributed by atoms with Gasteiger partial charge in [0.2, 0.25) is 5.76 Å². The summed E-state index contributed by atoms with van der Waals surface area (Å²) >= 11 is 1.45. The van der Waals surface area contributed by atoms with Crippen LogP contribution in [0.5, 0.6) is 0 Å². The molecule has 2 heterocycles. The molecule has 1 saturated carbocycles. The summed E-state index contributed by atoms with van der Waals surface area (Å²) in [5, 5.41) is 5.53. The second kappa shape index (κ2) is 8.44. The van der Waals surface area contributed by atoms with Crippen LogP contribution < -0.4 is 10.6 Å². The Bertz CT molecular complexity index is 1020. The highest BCUT2D eigenvalue weighted by molar-refractivity contribution is 7.21. The maximum atomic E-state index is 12.1. The van der Waals surface area contributed by atoms with Crippen molar-refractivity contribution in [3.05, 3.63) is 42.2 Å². The Labute approximate surface area is 170 Å². The molecule has 29 heavy (non-hydrogen) atoms. The van der Waals surface area contributed by atoms with Crippen molar-refractivity contribution in [2.24, 2.45) is 0 Å². The number of furan rings is 1. The molecule has 9 heteroatoms. The number of hydrogen-bond donors (Lipinski definition) is 2. The number of imide groups is 1. The van der Waals surface area contributed by atoms with Gasteiger partial charge in [-0.25, -0.2) is 14.6 Å². The number of aromatic nitrogens is 1. The standard InChI is InChI=1S/C20H19N3O5S/c24-17(23-20(26)21-12-5-1-2-6-12)11-27-19(25)15-10-9-14(28-15)18-22-13-7-3-4-8-16(13)29-18/h3-4,7-10,12H,1-2,5-6,11H2,(H2,21,23,24,26). The second-order valence-electron chi connectivity index (χ2n) is 6.73. The maximum Gasteiger partial charge on any atom is 0.374 e. The first-order valence-corrected chi connectivity index (χ1v) is 10.1. The molecule has 1 fully saturated rings. The molecule has 3 aromatic rings. The molecule has 0 aliphatic heterocycles. The number of esters is 1. The van der Waals surface area contributed by atoms with E-state index in [0.29, 0.717) is 10.8 Å². The Kier molecular flexibility index (Phi) is 5.57. The summed E-state index contributed by atoms with van der Waals surface area (Å²) < 4.78 is 11.5. The lowest BCUT2D eigenvalue weighted by molar-refractivity contribution is -0.123. The Morgan fingerprint density at radius 1 is 1.14 bits per heavy atom. The number of hydrogen-bond acceptors (Lipinski definition) is 7. The van der Waals surface area contributed by atoms with Gasteiger partial charge in [-0.3, -0.25) is 10.1 Å². The zero-order valence-corrected chi connectivity index (χ0v) is 16.3. The van der Waals surface area contributed by atoms with Crippen molar-refractivity contribution < 1.29 is 23.5 Å². The number of carbonyl (C=O) groups is 3. The van der Waals surface area contributed by atoms with Crippen LogP contribution in [0.4, 0.5) is 4.79 Å². The van der Waals surface area contributed by atoms with Gasteiger partial charge in [-0.15, -0.1) is 11.3 Å². The van der Waals surface area contributed by atoms with Gasteiger partial charge in [0, 0.05) is 6.04 Å². The number of nitrogens with zero attached hydrogens (tertiary/aromatic N) is 1. The van der Waals surface area contributed by atoms with Crippen LogP contribution >= 0.6 is 11.3 Å². The van der Waals surface area contributed by atoms with Crippen LogP contribution in [-0.2, 0) is 9.53 Å². The average molecular weight is 413 g/mol. The Balaban J connectivity index is 1.29. The Morgan fingerprint density at radius 2 is 1.93 bits per heavy atom. The second-order valence-corrected chi connectivity index (χ2v) is 7.76. The molecule has 1 aliphatic carbocycles. The third-order valence-corrected chi connectivity index (χ3v) is 5.64. The molecule has 0 saturated heterocycles. The molecular weight excluding hydrogens is 394 g/mol. The molecule has 2 aromatic heterocycles.